The normalized spacial score (nSPS) is 10.9. The maximum absolute atomic E-state index is 5.78. The van der Waals surface area contributed by atoms with Crippen molar-refractivity contribution in [1.82, 2.24) is 4.98 Å². The number of nitrogens with zero attached hydrogens (tertiary/aromatic N) is 1. The van der Waals surface area contributed by atoms with Crippen LogP contribution in [0.4, 0.5) is 0 Å². The van der Waals surface area contributed by atoms with E-state index in [4.69, 9.17) is 4.74 Å². The maximum Gasteiger partial charge on any atom is 0.123 e. The van der Waals surface area contributed by atoms with E-state index in [1.54, 1.807) is 11.3 Å². The predicted octanol–water partition coefficient (Wildman–Crippen LogP) is 4.46. The van der Waals surface area contributed by atoms with Crippen molar-refractivity contribution in [3.05, 3.63) is 34.8 Å². The van der Waals surface area contributed by atoms with Crippen LogP contribution in [-0.4, -0.2) is 11.6 Å². The highest BCUT2D eigenvalue weighted by atomic mass is 32.1. The fourth-order valence-electron chi connectivity index (χ4n) is 1.69. The lowest BCUT2D eigenvalue weighted by Crippen LogP contribution is -2.05. The summed E-state index contributed by atoms with van der Waals surface area (Å²) >= 11 is 1.68. The summed E-state index contributed by atoms with van der Waals surface area (Å²) in [5, 5.41) is 3.15. The standard InChI is InChI=1S/C15H19NOS/c1-10(2)8-17-14-6-5-13(7-11(14)3)15-16-12(4)9-18-15/h5-7,9-10H,8H2,1-4H3. The van der Waals surface area contributed by atoms with Gasteiger partial charge < -0.3 is 4.74 Å². The lowest BCUT2D eigenvalue weighted by atomic mass is 10.1. The van der Waals surface area contributed by atoms with Gasteiger partial charge in [0.1, 0.15) is 10.8 Å². The molecule has 0 unspecified atom stereocenters. The van der Waals surface area contributed by atoms with Gasteiger partial charge in [-0.15, -0.1) is 11.3 Å². The lowest BCUT2D eigenvalue weighted by Gasteiger charge is -2.11. The Labute approximate surface area is 113 Å². The number of hydrogen-bond acceptors (Lipinski definition) is 3. The third kappa shape index (κ3) is 3.10. The van der Waals surface area contributed by atoms with Crippen LogP contribution < -0.4 is 4.74 Å². The van der Waals surface area contributed by atoms with Crippen LogP contribution in [0.1, 0.15) is 25.1 Å². The van der Waals surface area contributed by atoms with Crippen LogP contribution in [0.3, 0.4) is 0 Å². The van der Waals surface area contributed by atoms with Gasteiger partial charge in [-0.3, -0.25) is 0 Å². The molecule has 1 aromatic heterocycles. The Kier molecular flexibility index (Phi) is 4.02. The van der Waals surface area contributed by atoms with Crippen molar-refractivity contribution < 1.29 is 4.74 Å². The molecule has 2 aromatic rings. The van der Waals surface area contributed by atoms with E-state index in [0.717, 1.165) is 23.1 Å². The van der Waals surface area contributed by atoms with E-state index >= 15 is 0 Å². The third-order valence-corrected chi connectivity index (χ3v) is 3.62. The number of hydrogen-bond donors (Lipinski definition) is 0. The zero-order valence-electron chi connectivity index (χ0n) is 11.4. The van der Waals surface area contributed by atoms with E-state index < -0.39 is 0 Å². The van der Waals surface area contributed by atoms with Crippen molar-refractivity contribution in [2.45, 2.75) is 27.7 Å². The van der Waals surface area contributed by atoms with Gasteiger partial charge in [-0.05, 0) is 43.5 Å². The summed E-state index contributed by atoms with van der Waals surface area (Å²) in [6, 6.07) is 6.28. The van der Waals surface area contributed by atoms with E-state index in [0.29, 0.717) is 5.92 Å². The molecule has 0 fully saturated rings. The molecule has 18 heavy (non-hydrogen) atoms. The first kappa shape index (κ1) is 13.1. The summed E-state index contributed by atoms with van der Waals surface area (Å²) in [6.07, 6.45) is 0. The molecule has 0 spiro atoms. The fourth-order valence-corrected chi connectivity index (χ4v) is 2.48. The molecule has 0 aliphatic carbocycles. The van der Waals surface area contributed by atoms with Crippen molar-refractivity contribution in [1.29, 1.82) is 0 Å². The predicted molar refractivity (Wildman–Crippen MR) is 77.4 cm³/mol. The first-order chi connectivity index (χ1) is 8.56. The van der Waals surface area contributed by atoms with Gasteiger partial charge in [0.2, 0.25) is 0 Å². The summed E-state index contributed by atoms with van der Waals surface area (Å²) < 4.78 is 5.78. The molecule has 0 bridgehead atoms. The van der Waals surface area contributed by atoms with Gasteiger partial charge in [0.05, 0.1) is 6.61 Å². The van der Waals surface area contributed by atoms with Crippen LogP contribution in [0, 0.1) is 19.8 Å². The molecule has 0 aliphatic heterocycles. The maximum atomic E-state index is 5.78. The zero-order valence-corrected chi connectivity index (χ0v) is 12.2. The zero-order chi connectivity index (χ0) is 13.1. The quantitative estimate of drug-likeness (QED) is 0.810. The highest BCUT2D eigenvalue weighted by Gasteiger charge is 2.06. The number of ether oxygens (including phenoxy) is 1. The summed E-state index contributed by atoms with van der Waals surface area (Å²) in [4.78, 5) is 4.50. The van der Waals surface area contributed by atoms with Gasteiger partial charge in [-0.1, -0.05) is 13.8 Å². The molecular weight excluding hydrogens is 242 g/mol. The van der Waals surface area contributed by atoms with Crippen LogP contribution in [0.15, 0.2) is 23.6 Å². The van der Waals surface area contributed by atoms with Crippen LogP contribution >= 0.6 is 11.3 Å². The van der Waals surface area contributed by atoms with E-state index in [1.807, 2.05) is 13.0 Å². The first-order valence-corrected chi connectivity index (χ1v) is 7.10. The molecule has 1 aromatic carbocycles. The van der Waals surface area contributed by atoms with Gasteiger partial charge in [0.15, 0.2) is 0 Å². The minimum Gasteiger partial charge on any atom is -0.493 e. The number of aromatic nitrogens is 1. The molecule has 2 nitrogen and oxygen atoms in total. The third-order valence-electron chi connectivity index (χ3n) is 2.61. The van der Waals surface area contributed by atoms with Gasteiger partial charge in [-0.25, -0.2) is 4.98 Å². The van der Waals surface area contributed by atoms with Gasteiger partial charge in [0.25, 0.3) is 0 Å². The van der Waals surface area contributed by atoms with Crippen LogP contribution in [0.5, 0.6) is 5.75 Å². The van der Waals surface area contributed by atoms with Crippen molar-refractivity contribution >= 4 is 11.3 Å². The molecule has 0 N–H and O–H groups in total. The average molecular weight is 261 g/mol. The molecule has 3 heteroatoms. The topological polar surface area (TPSA) is 22.1 Å². The number of rotatable bonds is 4. The molecule has 0 amide bonds. The summed E-state index contributed by atoms with van der Waals surface area (Å²) in [6.45, 7) is 9.17. The number of benzene rings is 1. The van der Waals surface area contributed by atoms with Crippen LogP contribution in [0.2, 0.25) is 0 Å². The second-order valence-electron chi connectivity index (χ2n) is 4.98. The summed E-state index contributed by atoms with van der Waals surface area (Å²) in [7, 11) is 0. The van der Waals surface area contributed by atoms with Crippen molar-refractivity contribution in [2.75, 3.05) is 6.61 Å². The SMILES string of the molecule is Cc1csc(-c2ccc(OCC(C)C)c(C)c2)n1. The Bertz CT molecular complexity index is 531. The molecule has 0 saturated heterocycles. The van der Waals surface area contributed by atoms with E-state index in [-0.39, 0.29) is 0 Å². The molecule has 96 valence electrons. The van der Waals surface area contributed by atoms with Crippen LogP contribution in [0.25, 0.3) is 10.6 Å². The Hall–Kier alpha value is -1.35. The molecule has 1 heterocycles. The molecule has 0 aliphatic rings. The molecule has 0 radical (unpaired) electrons. The minimum absolute atomic E-state index is 0.547. The van der Waals surface area contributed by atoms with Crippen molar-refractivity contribution in [2.24, 2.45) is 5.92 Å². The van der Waals surface area contributed by atoms with E-state index in [2.05, 4.69) is 43.3 Å². The van der Waals surface area contributed by atoms with Gasteiger partial charge in [-0.2, -0.15) is 0 Å². The highest BCUT2D eigenvalue weighted by molar-refractivity contribution is 7.13. The lowest BCUT2D eigenvalue weighted by molar-refractivity contribution is 0.269. The Morgan fingerprint density at radius 1 is 1.28 bits per heavy atom. The van der Waals surface area contributed by atoms with E-state index in [9.17, 15) is 0 Å². The second kappa shape index (κ2) is 5.53. The van der Waals surface area contributed by atoms with Crippen molar-refractivity contribution in [3.63, 3.8) is 0 Å². The molecule has 0 atom stereocenters. The van der Waals surface area contributed by atoms with Crippen LogP contribution in [-0.2, 0) is 0 Å². The highest BCUT2D eigenvalue weighted by Crippen LogP contribution is 2.28. The largest absolute Gasteiger partial charge is 0.493 e. The minimum atomic E-state index is 0.547. The Morgan fingerprint density at radius 2 is 2.06 bits per heavy atom. The fraction of sp³-hybridized carbons (Fsp3) is 0.400. The van der Waals surface area contributed by atoms with Gasteiger partial charge >= 0.3 is 0 Å². The van der Waals surface area contributed by atoms with E-state index in [1.165, 1.54) is 11.1 Å². The second-order valence-corrected chi connectivity index (χ2v) is 5.84. The number of aryl methyl sites for hydroxylation is 2. The molecular formula is C15H19NOS. The van der Waals surface area contributed by atoms with Gasteiger partial charge in [0, 0.05) is 16.6 Å². The smallest absolute Gasteiger partial charge is 0.123 e. The Balaban J connectivity index is 2.19. The Morgan fingerprint density at radius 3 is 2.61 bits per heavy atom. The summed E-state index contributed by atoms with van der Waals surface area (Å²) in [5.41, 5.74) is 3.41. The summed E-state index contributed by atoms with van der Waals surface area (Å²) in [5.74, 6) is 1.52. The monoisotopic (exact) mass is 261 g/mol. The molecule has 0 saturated carbocycles. The average Bonchev–Trinajstić information content (AvgIpc) is 2.74. The first-order valence-electron chi connectivity index (χ1n) is 6.22. The molecule has 2 rings (SSSR count). The van der Waals surface area contributed by atoms with Crippen molar-refractivity contribution in [3.8, 4) is 16.3 Å². The number of thiazole rings is 1.